The van der Waals surface area contributed by atoms with Gasteiger partial charge in [0, 0.05) is 23.5 Å². The Morgan fingerprint density at radius 2 is 1.97 bits per heavy atom. The highest BCUT2D eigenvalue weighted by Gasteiger charge is 2.33. The molecule has 2 aromatic carbocycles. The van der Waals surface area contributed by atoms with Gasteiger partial charge in [0.25, 0.3) is 5.95 Å². The van der Waals surface area contributed by atoms with Crippen LogP contribution in [0.4, 0.5) is 5.82 Å². The Kier molecular flexibility index (Phi) is 5.67. The van der Waals surface area contributed by atoms with Gasteiger partial charge in [-0.15, -0.1) is 5.10 Å². The first-order valence-corrected chi connectivity index (χ1v) is 11.0. The molecule has 5 rings (SSSR count). The van der Waals surface area contributed by atoms with E-state index >= 15 is 0 Å². The van der Waals surface area contributed by atoms with Gasteiger partial charge in [-0.25, -0.2) is 4.98 Å². The zero-order chi connectivity index (χ0) is 23.7. The van der Waals surface area contributed by atoms with Crippen LogP contribution >= 0.6 is 0 Å². The Morgan fingerprint density at radius 3 is 2.74 bits per heavy atom. The summed E-state index contributed by atoms with van der Waals surface area (Å²) in [5.74, 6) is 2.13. The number of hydrogen-bond acceptors (Lipinski definition) is 7. The van der Waals surface area contributed by atoms with Gasteiger partial charge in [0.1, 0.15) is 17.3 Å². The van der Waals surface area contributed by atoms with Crippen molar-refractivity contribution in [1.29, 1.82) is 0 Å². The van der Waals surface area contributed by atoms with Crippen LogP contribution in [0.2, 0.25) is 0 Å². The molecular weight excluding hydrogens is 432 g/mol. The number of aryl methyl sites for hydroxylation is 1. The molecule has 3 heterocycles. The lowest BCUT2D eigenvalue weighted by atomic mass is 9.86. The first kappa shape index (κ1) is 21.6. The third-order valence-corrected chi connectivity index (χ3v) is 5.80. The Labute approximate surface area is 196 Å². The van der Waals surface area contributed by atoms with Gasteiger partial charge in [0.2, 0.25) is 5.91 Å². The van der Waals surface area contributed by atoms with E-state index in [0.717, 1.165) is 33.9 Å². The minimum atomic E-state index is -0.136. The van der Waals surface area contributed by atoms with Crippen molar-refractivity contribution in [2.75, 3.05) is 19.0 Å². The molecule has 0 saturated carbocycles. The van der Waals surface area contributed by atoms with Crippen LogP contribution in [0, 0.1) is 6.92 Å². The fourth-order valence-electron chi connectivity index (χ4n) is 4.24. The van der Waals surface area contributed by atoms with E-state index in [0.29, 0.717) is 24.5 Å². The lowest BCUT2D eigenvalue weighted by Gasteiger charge is -2.24. The number of nitrogens with one attached hydrogen (secondary N) is 1. The molecule has 0 saturated heterocycles. The predicted octanol–water partition coefficient (Wildman–Crippen LogP) is 3.91. The molecular formula is C25H24N6O3. The third-order valence-electron chi connectivity index (χ3n) is 5.80. The molecule has 0 radical (unpaired) electrons. The van der Waals surface area contributed by atoms with Crippen LogP contribution < -0.4 is 14.8 Å². The highest BCUT2D eigenvalue weighted by molar-refractivity contribution is 5.95. The smallest absolute Gasteiger partial charge is 0.272 e. The fourth-order valence-corrected chi connectivity index (χ4v) is 4.24. The molecule has 0 fully saturated rings. The van der Waals surface area contributed by atoms with E-state index in [9.17, 15) is 4.79 Å². The molecule has 1 aliphatic heterocycles. The van der Waals surface area contributed by atoms with Crippen molar-refractivity contribution in [1.82, 2.24) is 25.0 Å². The van der Waals surface area contributed by atoms with Gasteiger partial charge in [0.05, 0.1) is 31.3 Å². The van der Waals surface area contributed by atoms with E-state index in [1.807, 2.05) is 62.4 Å². The quantitative estimate of drug-likeness (QED) is 0.469. The van der Waals surface area contributed by atoms with Crippen molar-refractivity contribution in [3.05, 3.63) is 71.5 Å². The number of ether oxygens (including phenoxy) is 2. The zero-order valence-corrected chi connectivity index (χ0v) is 19.1. The van der Waals surface area contributed by atoms with Crippen molar-refractivity contribution < 1.29 is 14.3 Å². The van der Waals surface area contributed by atoms with Crippen LogP contribution in [0.3, 0.4) is 0 Å². The number of hydrogen-bond donors (Lipinski definition) is 1. The highest BCUT2D eigenvalue weighted by atomic mass is 16.5. The standard InChI is InChI=1S/C25H24N6O3/c1-4-34-18-10-8-16(9-11-18)20-13-22(32)28-24-23(20)15(2)30-31(24)25-27-21(14-26-29-25)17-6-5-7-19(12-17)33-3/h5-12,14,20H,4,13H2,1-3H3,(H,28,32). The summed E-state index contributed by atoms with van der Waals surface area (Å²) in [4.78, 5) is 17.4. The minimum absolute atomic E-state index is 0.0931. The largest absolute Gasteiger partial charge is 0.497 e. The average molecular weight is 457 g/mol. The number of anilines is 1. The van der Waals surface area contributed by atoms with Crippen LogP contribution in [0.25, 0.3) is 17.2 Å². The van der Waals surface area contributed by atoms with Crippen molar-refractivity contribution in [2.24, 2.45) is 0 Å². The number of aromatic nitrogens is 5. The summed E-state index contributed by atoms with van der Waals surface area (Å²) in [6, 6.07) is 15.4. The molecule has 0 spiro atoms. The summed E-state index contributed by atoms with van der Waals surface area (Å²) in [5.41, 5.74) is 4.22. The molecule has 1 N–H and O–H groups in total. The van der Waals surface area contributed by atoms with Crippen molar-refractivity contribution in [3.8, 4) is 28.7 Å². The van der Waals surface area contributed by atoms with Crippen LogP contribution in [-0.4, -0.2) is 44.6 Å². The van der Waals surface area contributed by atoms with Gasteiger partial charge in [-0.2, -0.15) is 14.9 Å². The number of rotatable bonds is 6. The Hall–Kier alpha value is -4.27. The normalized spacial score (nSPS) is 14.9. The molecule has 2 aromatic heterocycles. The number of nitrogens with zero attached hydrogens (tertiary/aromatic N) is 5. The number of benzene rings is 2. The molecule has 9 nitrogen and oxygen atoms in total. The second kappa shape index (κ2) is 8.93. The van der Waals surface area contributed by atoms with Gasteiger partial charge < -0.3 is 14.8 Å². The van der Waals surface area contributed by atoms with Gasteiger partial charge in [-0.1, -0.05) is 24.3 Å². The van der Waals surface area contributed by atoms with Gasteiger partial charge >= 0.3 is 0 Å². The highest BCUT2D eigenvalue weighted by Crippen LogP contribution is 2.40. The second-order valence-corrected chi connectivity index (χ2v) is 7.94. The summed E-state index contributed by atoms with van der Waals surface area (Å²) in [6.45, 7) is 4.47. The van der Waals surface area contributed by atoms with Crippen LogP contribution in [0.1, 0.15) is 36.1 Å². The number of fused-ring (bicyclic) bond motifs is 1. The van der Waals surface area contributed by atoms with E-state index in [1.165, 1.54) is 0 Å². The van der Waals surface area contributed by atoms with Gasteiger partial charge in [0.15, 0.2) is 0 Å². The Balaban J connectivity index is 1.56. The lowest BCUT2D eigenvalue weighted by Crippen LogP contribution is -2.25. The maximum Gasteiger partial charge on any atom is 0.272 e. The first-order valence-electron chi connectivity index (χ1n) is 11.0. The topological polar surface area (TPSA) is 104 Å². The van der Waals surface area contributed by atoms with E-state index < -0.39 is 0 Å². The summed E-state index contributed by atoms with van der Waals surface area (Å²) in [7, 11) is 1.62. The SMILES string of the molecule is CCOc1ccc(C2CC(=O)Nc3c2c(C)nn3-c2nncc(-c3cccc(OC)c3)n2)cc1. The lowest BCUT2D eigenvalue weighted by molar-refractivity contribution is -0.116. The first-order chi connectivity index (χ1) is 16.6. The molecule has 1 amide bonds. The predicted molar refractivity (Wildman–Crippen MR) is 126 cm³/mol. The Morgan fingerprint density at radius 1 is 1.15 bits per heavy atom. The summed E-state index contributed by atoms with van der Waals surface area (Å²) in [5, 5.41) is 16.0. The van der Waals surface area contributed by atoms with E-state index in [4.69, 9.17) is 9.47 Å². The number of carbonyl (C=O) groups is 1. The van der Waals surface area contributed by atoms with Crippen molar-refractivity contribution in [3.63, 3.8) is 0 Å². The van der Waals surface area contributed by atoms with Crippen LogP contribution in [-0.2, 0) is 4.79 Å². The van der Waals surface area contributed by atoms with E-state index in [1.54, 1.807) is 18.0 Å². The molecule has 4 aromatic rings. The number of methoxy groups -OCH3 is 1. The molecule has 1 unspecified atom stereocenters. The fraction of sp³-hybridized carbons (Fsp3) is 0.240. The van der Waals surface area contributed by atoms with Gasteiger partial charge in [-0.05, 0) is 43.7 Å². The van der Waals surface area contributed by atoms with E-state index in [2.05, 4.69) is 25.6 Å². The number of amides is 1. The molecule has 1 aliphatic rings. The van der Waals surface area contributed by atoms with Crippen molar-refractivity contribution in [2.45, 2.75) is 26.2 Å². The summed E-state index contributed by atoms with van der Waals surface area (Å²) < 4.78 is 12.4. The monoisotopic (exact) mass is 456 g/mol. The molecule has 0 bridgehead atoms. The summed E-state index contributed by atoms with van der Waals surface area (Å²) >= 11 is 0. The van der Waals surface area contributed by atoms with Crippen LogP contribution in [0.5, 0.6) is 11.5 Å². The summed E-state index contributed by atoms with van der Waals surface area (Å²) in [6.07, 6.45) is 1.92. The number of carbonyl (C=O) groups excluding carboxylic acids is 1. The average Bonchev–Trinajstić information content (AvgIpc) is 3.20. The molecule has 9 heteroatoms. The van der Waals surface area contributed by atoms with Crippen LogP contribution in [0.15, 0.2) is 54.7 Å². The maximum absolute atomic E-state index is 12.7. The third kappa shape index (κ3) is 3.96. The molecule has 1 atom stereocenters. The van der Waals surface area contributed by atoms with E-state index in [-0.39, 0.29) is 17.8 Å². The van der Waals surface area contributed by atoms with Gasteiger partial charge in [-0.3, -0.25) is 4.79 Å². The zero-order valence-electron chi connectivity index (χ0n) is 19.1. The maximum atomic E-state index is 12.7. The van der Waals surface area contributed by atoms with Crippen molar-refractivity contribution >= 4 is 11.7 Å². The molecule has 172 valence electrons. The molecule has 34 heavy (non-hydrogen) atoms. The second-order valence-electron chi connectivity index (χ2n) is 7.94. The molecule has 0 aliphatic carbocycles. The minimum Gasteiger partial charge on any atom is -0.497 e. The Bertz CT molecular complexity index is 1350.